The molecule has 2 aromatic rings. The van der Waals surface area contributed by atoms with Crippen LogP contribution in [0.4, 0.5) is 0 Å². The number of rotatable bonds is 4. The van der Waals surface area contributed by atoms with Gasteiger partial charge in [0.15, 0.2) is 11.5 Å². The summed E-state index contributed by atoms with van der Waals surface area (Å²) < 4.78 is 5.40. The zero-order chi connectivity index (χ0) is 14.0. The highest BCUT2D eigenvalue weighted by molar-refractivity contribution is 5.77. The fourth-order valence-corrected chi connectivity index (χ4v) is 1.90. The van der Waals surface area contributed by atoms with Crippen molar-refractivity contribution in [3.63, 3.8) is 0 Å². The number of carbonyl (C=O) groups excluding carboxylic acids is 1. The molecule has 1 unspecified atom stereocenters. The Morgan fingerprint density at radius 2 is 2.26 bits per heavy atom. The molecule has 6 heteroatoms. The van der Waals surface area contributed by atoms with Gasteiger partial charge in [0.05, 0.1) is 0 Å². The van der Waals surface area contributed by atoms with Gasteiger partial charge in [0.1, 0.15) is 5.52 Å². The summed E-state index contributed by atoms with van der Waals surface area (Å²) in [4.78, 5) is 15.9. The van der Waals surface area contributed by atoms with E-state index < -0.39 is 0 Å². The number of carbonyl (C=O) groups is 1. The standard InChI is InChI=1S/C13H18N4O2/c1-8-15-11-6-9(4-5-12(11)19-8)10(14)7-13(18)16-17(2)3/h4-6,10H,7,14H2,1-3H3,(H,16,18). The first-order valence-electron chi connectivity index (χ1n) is 6.05. The number of benzene rings is 1. The van der Waals surface area contributed by atoms with E-state index in [0.717, 1.165) is 16.7 Å². The maximum absolute atomic E-state index is 11.6. The third-order valence-corrected chi connectivity index (χ3v) is 2.70. The molecule has 1 amide bonds. The molecule has 1 atom stereocenters. The van der Waals surface area contributed by atoms with Crippen LogP contribution < -0.4 is 11.2 Å². The van der Waals surface area contributed by atoms with Crippen molar-refractivity contribution in [3.05, 3.63) is 29.7 Å². The molecule has 0 aliphatic rings. The lowest BCUT2D eigenvalue weighted by molar-refractivity contribution is -0.125. The van der Waals surface area contributed by atoms with Crippen molar-refractivity contribution >= 4 is 17.0 Å². The smallest absolute Gasteiger partial charge is 0.236 e. The van der Waals surface area contributed by atoms with E-state index >= 15 is 0 Å². The van der Waals surface area contributed by atoms with Crippen LogP contribution in [-0.2, 0) is 4.79 Å². The Morgan fingerprint density at radius 3 is 2.95 bits per heavy atom. The van der Waals surface area contributed by atoms with E-state index in [1.54, 1.807) is 26.0 Å². The first-order chi connectivity index (χ1) is 8.95. The number of oxazole rings is 1. The molecule has 0 saturated carbocycles. The van der Waals surface area contributed by atoms with Crippen molar-refractivity contribution in [2.45, 2.75) is 19.4 Å². The molecule has 0 fully saturated rings. The third-order valence-electron chi connectivity index (χ3n) is 2.70. The minimum Gasteiger partial charge on any atom is -0.441 e. The number of aryl methyl sites for hydroxylation is 1. The lowest BCUT2D eigenvalue weighted by atomic mass is 10.0. The predicted molar refractivity (Wildman–Crippen MR) is 72.1 cm³/mol. The summed E-state index contributed by atoms with van der Waals surface area (Å²) in [6.07, 6.45) is 0.223. The van der Waals surface area contributed by atoms with Crippen LogP contribution in [0.5, 0.6) is 0 Å². The van der Waals surface area contributed by atoms with Gasteiger partial charge in [0, 0.05) is 33.5 Å². The van der Waals surface area contributed by atoms with E-state index in [4.69, 9.17) is 10.2 Å². The maximum Gasteiger partial charge on any atom is 0.236 e. The van der Waals surface area contributed by atoms with Gasteiger partial charge in [0.25, 0.3) is 0 Å². The number of aromatic nitrogens is 1. The Labute approximate surface area is 111 Å². The number of nitrogens with two attached hydrogens (primary N) is 1. The molecule has 0 aliphatic carbocycles. The minimum atomic E-state index is -0.360. The molecule has 3 N–H and O–H groups in total. The lowest BCUT2D eigenvalue weighted by Gasteiger charge is -2.15. The van der Waals surface area contributed by atoms with Gasteiger partial charge in [-0.25, -0.2) is 9.99 Å². The van der Waals surface area contributed by atoms with Crippen LogP contribution >= 0.6 is 0 Å². The minimum absolute atomic E-state index is 0.117. The third kappa shape index (κ3) is 3.30. The molecule has 0 aliphatic heterocycles. The van der Waals surface area contributed by atoms with Gasteiger partial charge in [-0.05, 0) is 17.7 Å². The number of nitrogens with one attached hydrogen (secondary N) is 1. The largest absolute Gasteiger partial charge is 0.441 e. The Bertz CT molecular complexity index is 591. The van der Waals surface area contributed by atoms with E-state index in [0.29, 0.717) is 5.89 Å². The fraction of sp³-hybridized carbons (Fsp3) is 0.385. The van der Waals surface area contributed by atoms with Gasteiger partial charge >= 0.3 is 0 Å². The van der Waals surface area contributed by atoms with Gasteiger partial charge in [-0.15, -0.1) is 0 Å². The quantitative estimate of drug-likeness (QED) is 0.807. The van der Waals surface area contributed by atoms with Gasteiger partial charge in [-0.3, -0.25) is 10.2 Å². The molecule has 1 heterocycles. The van der Waals surface area contributed by atoms with Crippen molar-refractivity contribution in [1.82, 2.24) is 15.4 Å². The van der Waals surface area contributed by atoms with Crippen LogP contribution in [0, 0.1) is 6.92 Å². The second kappa shape index (κ2) is 5.38. The first-order valence-corrected chi connectivity index (χ1v) is 6.05. The van der Waals surface area contributed by atoms with Crippen LogP contribution in [0.2, 0.25) is 0 Å². The highest BCUT2D eigenvalue weighted by Gasteiger charge is 2.13. The zero-order valence-corrected chi connectivity index (χ0v) is 11.3. The number of fused-ring (bicyclic) bond motifs is 1. The molecule has 19 heavy (non-hydrogen) atoms. The van der Waals surface area contributed by atoms with Crippen LogP contribution in [-0.4, -0.2) is 30.0 Å². The summed E-state index contributed by atoms with van der Waals surface area (Å²) in [6, 6.07) is 5.19. The van der Waals surface area contributed by atoms with Crippen molar-refractivity contribution in [2.75, 3.05) is 14.1 Å². The number of hydrazine groups is 1. The molecule has 2 rings (SSSR count). The Hall–Kier alpha value is -1.92. The second-order valence-corrected chi connectivity index (χ2v) is 4.70. The molecule has 0 bridgehead atoms. The summed E-state index contributed by atoms with van der Waals surface area (Å²) in [5.41, 5.74) is 11.1. The normalized spacial score (nSPS) is 12.9. The van der Waals surface area contributed by atoms with Crippen molar-refractivity contribution in [2.24, 2.45) is 5.73 Å². The van der Waals surface area contributed by atoms with E-state index in [9.17, 15) is 4.79 Å². The predicted octanol–water partition coefficient (Wildman–Crippen LogP) is 1.12. The van der Waals surface area contributed by atoms with Gasteiger partial charge in [0.2, 0.25) is 5.91 Å². The van der Waals surface area contributed by atoms with Gasteiger partial charge in [-0.2, -0.15) is 0 Å². The number of amides is 1. The molecule has 1 aromatic carbocycles. The van der Waals surface area contributed by atoms with Crippen molar-refractivity contribution < 1.29 is 9.21 Å². The average molecular weight is 262 g/mol. The first kappa shape index (κ1) is 13.5. The summed E-state index contributed by atoms with van der Waals surface area (Å²) in [5, 5.41) is 1.60. The number of hydrogen-bond donors (Lipinski definition) is 2. The van der Waals surface area contributed by atoms with Crippen LogP contribution in [0.15, 0.2) is 22.6 Å². The SMILES string of the molecule is Cc1nc2cc(C(N)CC(=O)NN(C)C)ccc2o1. The molecular formula is C13H18N4O2. The van der Waals surface area contributed by atoms with Crippen LogP contribution in [0.25, 0.3) is 11.1 Å². The molecule has 0 radical (unpaired) electrons. The molecule has 0 saturated heterocycles. The summed E-state index contributed by atoms with van der Waals surface area (Å²) in [5.74, 6) is 0.500. The summed E-state index contributed by atoms with van der Waals surface area (Å²) >= 11 is 0. The Balaban J connectivity index is 2.12. The van der Waals surface area contributed by atoms with E-state index in [1.165, 1.54) is 0 Å². The average Bonchev–Trinajstić information content (AvgIpc) is 2.66. The fourth-order valence-electron chi connectivity index (χ4n) is 1.90. The van der Waals surface area contributed by atoms with Crippen LogP contribution in [0.3, 0.4) is 0 Å². The van der Waals surface area contributed by atoms with Crippen LogP contribution in [0.1, 0.15) is 23.9 Å². The Kier molecular flexibility index (Phi) is 3.82. The Morgan fingerprint density at radius 1 is 1.53 bits per heavy atom. The molecule has 1 aromatic heterocycles. The molecule has 102 valence electrons. The molecule has 0 spiro atoms. The molecule has 6 nitrogen and oxygen atoms in total. The monoisotopic (exact) mass is 262 g/mol. The number of nitrogens with zero attached hydrogens (tertiary/aromatic N) is 2. The van der Waals surface area contributed by atoms with Gasteiger partial charge in [-0.1, -0.05) is 6.07 Å². The second-order valence-electron chi connectivity index (χ2n) is 4.70. The van der Waals surface area contributed by atoms with Gasteiger partial charge < -0.3 is 10.2 Å². The van der Waals surface area contributed by atoms with E-state index in [-0.39, 0.29) is 18.4 Å². The lowest BCUT2D eigenvalue weighted by Crippen LogP contribution is -2.37. The highest BCUT2D eigenvalue weighted by Crippen LogP contribution is 2.21. The van der Waals surface area contributed by atoms with Crippen molar-refractivity contribution in [1.29, 1.82) is 0 Å². The summed E-state index contributed by atoms with van der Waals surface area (Å²) in [6.45, 7) is 1.80. The number of hydrogen-bond acceptors (Lipinski definition) is 5. The van der Waals surface area contributed by atoms with E-state index in [2.05, 4.69) is 10.4 Å². The highest BCUT2D eigenvalue weighted by atomic mass is 16.3. The zero-order valence-electron chi connectivity index (χ0n) is 11.3. The summed E-state index contributed by atoms with van der Waals surface area (Å²) in [7, 11) is 3.52. The van der Waals surface area contributed by atoms with E-state index in [1.807, 2.05) is 18.2 Å². The van der Waals surface area contributed by atoms with Crippen molar-refractivity contribution in [3.8, 4) is 0 Å². The molecular weight excluding hydrogens is 244 g/mol. The topological polar surface area (TPSA) is 84.4 Å². The maximum atomic E-state index is 11.6.